The van der Waals surface area contributed by atoms with Crippen LogP contribution in [0.3, 0.4) is 0 Å². The lowest BCUT2D eigenvalue weighted by Gasteiger charge is -2.51. The third kappa shape index (κ3) is 2.75. The fourth-order valence-electron chi connectivity index (χ4n) is 6.70. The van der Waals surface area contributed by atoms with Crippen LogP contribution in [0.5, 0.6) is 11.5 Å². The van der Waals surface area contributed by atoms with Crippen LogP contribution in [0, 0.1) is 23.2 Å². The third-order valence-electron chi connectivity index (χ3n) is 7.99. The quantitative estimate of drug-likeness (QED) is 0.579. The minimum absolute atomic E-state index is 0.223. The molecule has 4 rings (SSSR count). The van der Waals surface area contributed by atoms with Gasteiger partial charge in [0.15, 0.2) is 11.5 Å². The molecule has 0 heterocycles. The molecule has 0 radical (unpaired) electrons. The highest BCUT2D eigenvalue weighted by atomic mass is 16.5. The van der Waals surface area contributed by atoms with Crippen LogP contribution < -0.4 is 4.74 Å². The molecule has 26 heavy (non-hydrogen) atoms. The smallest absolute Gasteiger partial charge is 0.161 e. The first-order valence-corrected chi connectivity index (χ1v) is 10.5. The maximum absolute atomic E-state index is 10.5. The Kier molecular flexibility index (Phi) is 4.75. The van der Waals surface area contributed by atoms with Crippen LogP contribution in [0.4, 0.5) is 0 Å². The Hall–Kier alpha value is -1.51. The fourth-order valence-corrected chi connectivity index (χ4v) is 6.70. The number of hydrogen-bond donors (Lipinski definition) is 1. The van der Waals surface area contributed by atoms with Gasteiger partial charge in [0.1, 0.15) is 6.29 Å². The van der Waals surface area contributed by atoms with Gasteiger partial charge in [-0.3, -0.25) is 0 Å². The van der Waals surface area contributed by atoms with Crippen molar-refractivity contribution in [3.63, 3.8) is 0 Å². The molecule has 0 aromatic heterocycles. The lowest BCUT2D eigenvalue weighted by molar-refractivity contribution is -0.108. The first kappa shape index (κ1) is 17.9. The second kappa shape index (κ2) is 6.90. The molecule has 1 N–H and O–H groups in total. The van der Waals surface area contributed by atoms with Crippen LogP contribution in [0.25, 0.3) is 0 Å². The van der Waals surface area contributed by atoms with Crippen molar-refractivity contribution >= 4 is 6.29 Å². The minimum atomic E-state index is 0.223. The first-order chi connectivity index (χ1) is 12.6. The Morgan fingerprint density at radius 1 is 1.27 bits per heavy atom. The highest BCUT2D eigenvalue weighted by molar-refractivity contribution is 5.51. The molecule has 1 aromatic carbocycles. The van der Waals surface area contributed by atoms with Gasteiger partial charge in [-0.05, 0) is 90.9 Å². The topological polar surface area (TPSA) is 46.5 Å². The normalized spacial score (nSPS) is 35.3. The van der Waals surface area contributed by atoms with Crippen LogP contribution >= 0.6 is 0 Å². The van der Waals surface area contributed by atoms with Crippen molar-refractivity contribution in [3.05, 3.63) is 23.3 Å². The number of carbonyl (C=O) groups is 1. The average Bonchev–Trinajstić information content (AvgIpc) is 2.98. The SMILES string of the molecule is CC[C@H]1CC[C@H]2[C@@H]3CCc4cc(O)c(OCCC=O)cc4[C@H]3CC[C@]12C. The summed E-state index contributed by atoms with van der Waals surface area (Å²) in [4.78, 5) is 10.5. The van der Waals surface area contributed by atoms with Crippen molar-refractivity contribution in [2.45, 2.75) is 71.1 Å². The van der Waals surface area contributed by atoms with Gasteiger partial charge in [0, 0.05) is 6.42 Å². The zero-order valence-electron chi connectivity index (χ0n) is 16.2. The van der Waals surface area contributed by atoms with Crippen molar-refractivity contribution in [1.29, 1.82) is 0 Å². The number of fused-ring (bicyclic) bond motifs is 5. The van der Waals surface area contributed by atoms with Gasteiger partial charge in [-0.15, -0.1) is 0 Å². The molecule has 0 bridgehead atoms. The highest BCUT2D eigenvalue weighted by Gasteiger charge is 2.54. The van der Waals surface area contributed by atoms with Crippen LogP contribution in [0.2, 0.25) is 0 Å². The number of ether oxygens (including phenoxy) is 1. The highest BCUT2D eigenvalue weighted by Crippen LogP contribution is 2.63. The maximum Gasteiger partial charge on any atom is 0.161 e. The molecule has 0 unspecified atom stereocenters. The number of carbonyl (C=O) groups excluding carboxylic acids is 1. The summed E-state index contributed by atoms with van der Waals surface area (Å²) in [5.74, 6) is 3.93. The van der Waals surface area contributed by atoms with E-state index in [1.54, 1.807) is 0 Å². The molecule has 3 aliphatic rings. The molecule has 2 saturated carbocycles. The van der Waals surface area contributed by atoms with Crippen LogP contribution in [0.1, 0.15) is 75.8 Å². The van der Waals surface area contributed by atoms with Crippen molar-refractivity contribution in [3.8, 4) is 11.5 Å². The fraction of sp³-hybridized carbons (Fsp3) is 0.696. The van der Waals surface area contributed by atoms with E-state index in [4.69, 9.17) is 4.74 Å². The van der Waals surface area contributed by atoms with E-state index in [9.17, 15) is 9.90 Å². The van der Waals surface area contributed by atoms with Crippen molar-refractivity contribution < 1.29 is 14.6 Å². The molecule has 5 atom stereocenters. The monoisotopic (exact) mass is 356 g/mol. The number of aromatic hydroxyl groups is 1. The summed E-state index contributed by atoms with van der Waals surface area (Å²) in [6, 6.07) is 4.00. The minimum Gasteiger partial charge on any atom is -0.504 e. The molecule has 0 amide bonds. The zero-order valence-corrected chi connectivity index (χ0v) is 16.2. The molecule has 0 spiro atoms. The van der Waals surface area contributed by atoms with Crippen molar-refractivity contribution in [2.75, 3.05) is 6.61 Å². The van der Waals surface area contributed by atoms with E-state index in [0.717, 1.165) is 30.5 Å². The second-order valence-corrected chi connectivity index (χ2v) is 8.97. The van der Waals surface area contributed by atoms with E-state index in [0.29, 0.717) is 30.1 Å². The van der Waals surface area contributed by atoms with Crippen LogP contribution in [-0.2, 0) is 11.2 Å². The summed E-state index contributed by atoms with van der Waals surface area (Å²) >= 11 is 0. The molecular weight excluding hydrogens is 324 g/mol. The summed E-state index contributed by atoms with van der Waals surface area (Å²) < 4.78 is 5.68. The molecule has 0 saturated heterocycles. The summed E-state index contributed by atoms with van der Waals surface area (Å²) in [5, 5.41) is 10.3. The lowest BCUT2D eigenvalue weighted by Crippen LogP contribution is -2.42. The molecule has 3 heteroatoms. The number of benzene rings is 1. The largest absolute Gasteiger partial charge is 0.504 e. The maximum atomic E-state index is 10.5. The van der Waals surface area contributed by atoms with E-state index in [1.807, 2.05) is 6.07 Å². The molecule has 3 nitrogen and oxygen atoms in total. The summed E-state index contributed by atoms with van der Waals surface area (Å²) in [6.07, 6.45) is 10.3. The number of hydrogen-bond acceptors (Lipinski definition) is 3. The molecule has 142 valence electrons. The van der Waals surface area contributed by atoms with Crippen molar-refractivity contribution in [1.82, 2.24) is 0 Å². The molecule has 0 aliphatic heterocycles. The van der Waals surface area contributed by atoms with Gasteiger partial charge >= 0.3 is 0 Å². The molecular formula is C23H32O3. The number of aldehydes is 1. The number of phenolic OH excluding ortho intramolecular Hbond substituents is 1. The van der Waals surface area contributed by atoms with Gasteiger partial charge in [-0.25, -0.2) is 0 Å². The van der Waals surface area contributed by atoms with E-state index in [1.165, 1.54) is 49.7 Å². The molecule has 2 fully saturated rings. The van der Waals surface area contributed by atoms with E-state index < -0.39 is 0 Å². The van der Waals surface area contributed by atoms with Gasteiger partial charge in [0.05, 0.1) is 6.61 Å². The third-order valence-corrected chi connectivity index (χ3v) is 7.99. The Morgan fingerprint density at radius 3 is 2.88 bits per heavy atom. The van der Waals surface area contributed by atoms with E-state index >= 15 is 0 Å². The van der Waals surface area contributed by atoms with Gasteiger partial charge in [0.25, 0.3) is 0 Å². The predicted molar refractivity (Wildman–Crippen MR) is 103 cm³/mol. The summed E-state index contributed by atoms with van der Waals surface area (Å²) in [5.41, 5.74) is 3.25. The Labute approximate surface area is 157 Å². The van der Waals surface area contributed by atoms with Crippen LogP contribution in [-0.4, -0.2) is 18.0 Å². The average molecular weight is 357 g/mol. The van der Waals surface area contributed by atoms with Gasteiger partial charge in [0.2, 0.25) is 0 Å². The van der Waals surface area contributed by atoms with Gasteiger partial charge in [-0.1, -0.05) is 20.3 Å². The lowest BCUT2D eigenvalue weighted by atomic mass is 9.54. The standard InChI is InChI=1S/C23H32O3/c1-3-16-6-8-20-18-7-5-15-13-21(25)22(26-12-4-11-24)14-19(15)17(18)9-10-23(16,20)2/h11,13-14,16-18,20,25H,3-10,12H2,1-2H3/t16-,17-,18+,20-,23+/m0/s1. The predicted octanol–water partition coefficient (Wildman–Crippen LogP) is 5.24. The van der Waals surface area contributed by atoms with Gasteiger partial charge < -0.3 is 14.6 Å². The van der Waals surface area contributed by atoms with Crippen LogP contribution in [0.15, 0.2) is 12.1 Å². The zero-order chi connectivity index (χ0) is 18.3. The van der Waals surface area contributed by atoms with Crippen molar-refractivity contribution in [2.24, 2.45) is 23.2 Å². The summed E-state index contributed by atoms with van der Waals surface area (Å²) in [6.45, 7) is 5.27. The Morgan fingerprint density at radius 2 is 2.12 bits per heavy atom. The van der Waals surface area contributed by atoms with E-state index in [-0.39, 0.29) is 5.75 Å². The first-order valence-electron chi connectivity index (χ1n) is 10.5. The number of phenols is 1. The molecule has 3 aliphatic carbocycles. The van der Waals surface area contributed by atoms with E-state index in [2.05, 4.69) is 19.9 Å². The summed E-state index contributed by atoms with van der Waals surface area (Å²) in [7, 11) is 0. The van der Waals surface area contributed by atoms with Gasteiger partial charge in [-0.2, -0.15) is 0 Å². The second-order valence-electron chi connectivity index (χ2n) is 8.97. The number of aryl methyl sites for hydroxylation is 1. The Balaban J connectivity index is 1.62. The Bertz CT molecular complexity index is 682. The number of rotatable bonds is 5. The molecule has 1 aromatic rings.